The number of hydrogen-bond acceptors (Lipinski definition) is 3. The molecule has 0 amide bonds. The Morgan fingerprint density at radius 1 is 1.19 bits per heavy atom. The van der Waals surface area contributed by atoms with E-state index >= 15 is 0 Å². The Morgan fingerprint density at radius 2 is 2.00 bits per heavy atom. The molecule has 1 aromatic carbocycles. The standard InChI is InChI=1S/C17H24ClN3/c1-12(2)19-9-4-5-13(3)21-16-8-10-20-17-11-14(18)6-7-15(16)17/h6-8,10-13,19H,4-5,9H2,1-3H3,(H,20,21). The van der Waals surface area contributed by atoms with Gasteiger partial charge in [0.1, 0.15) is 0 Å². The first-order valence-electron chi connectivity index (χ1n) is 7.60. The van der Waals surface area contributed by atoms with Crippen molar-refractivity contribution in [2.45, 2.75) is 45.7 Å². The maximum absolute atomic E-state index is 6.02. The van der Waals surface area contributed by atoms with Gasteiger partial charge in [-0.2, -0.15) is 0 Å². The molecule has 0 fully saturated rings. The fourth-order valence-corrected chi connectivity index (χ4v) is 2.55. The second-order valence-electron chi connectivity index (χ2n) is 5.82. The number of pyridine rings is 1. The van der Waals surface area contributed by atoms with Gasteiger partial charge in [-0.05, 0) is 50.6 Å². The highest BCUT2D eigenvalue weighted by molar-refractivity contribution is 6.31. The molecular formula is C17H24ClN3. The van der Waals surface area contributed by atoms with E-state index in [0.717, 1.165) is 34.6 Å². The fraction of sp³-hybridized carbons (Fsp3) is 0.471. The summed E-state index contributed by atoms with van der Waals surface area (Å²) in [6.07, 6.45) is 4.13. The third-order valence-corrected chi connectivity index (χ3v) is 3.71. The lowest BCUT2D eigenvalue weighted by Gasteiger charge is -2.17. The van der Waals surface area contributed by atoms with Crippen molar-refractivity contribution in [3.63, 3.8) is 0 Å². The minimum Gasteiger partial charge on any atom is -0.382 e. The Morgan fingerprint density at radius 3 is 2.76 bits per heavy atom. The van der Waals surface area contributed by atoms with Crippen molar-refractivity contribution in [3.05, 3.63) is 35.5 Å². The molecule has 0 bridgehead atoms. The molecule has 1 unspecified atom stereocenters. The highest BCUT2D eigenvalue weighted by Gasteiger charge is 2.06. The van der Waals surface area contributed by atoms with Crippen LogP contribution in [0.15, 0.2) is 30.5 Å². The number of halogens is 1. The lowest BCUT2D eigenvalue weighted by Crippen LogP contribution is -2.25. The summed E-state index contributed by atoms with van der Waals surface area (Å²) < 4.78 is 0. The molecule has 0 spiro atoms. The molecule has 21 heavy (non-hydrogen) atoms. The van der Waals surface area contributed by atoms with Crippen LogP contribution < -0.4 is 10.6 Å². The van der Waals surface area contributed by atoms with Crippen molar-refractivity contribution in [3.8, 4) is 0 Å². The SMILES string of the molecule is CC(C)NCCCC(C)Nc1ccnc2cc(Cl)ccc12. The number of anilines is 1. The van der Waals surface area contributed by atoms with E-state index in [-0.39, 0.29) is 0 Å². The molecule has 1 aromatic heterocycles. The average molecular weight is 306 g/mol. The molecule has 0 aliphatic carbocycles. The van der Waals surface area contributed by atoms with Crippen molar-refractivity contribution >= 4 is 28.2 Å². The van der Waals surface area contributed by atoms with E-state index < -0.39 is 0 Å². The summed E-state index contributed by atoms with van der Waals surface area (Å²) in [5.74, 6) is 0. The number of fused-ring (bicyclic) bond motifs is 1. The summed E-state index contributed by atoms with van der Waals surface area (Å²) in [7, 11) is 0. The zero-order valence-electron chi connectivity index (χ0n) is 13.0. The van der Waals surface area contributed by atoms with Crippen LogP contribution in [0.5, 0.6) is 0 Å². The zero-order valence-corrected chi connectivity index (χ0v) is 13.7. The maximum Gasteiger partial charge on any atom is 0.0737 e. The Hall–Kier alpha value is -1.32. The van der Waals surface area contributed by atoms with Crippen molar-refractivity contribution in [1.29, 1.82) is 0 Å². The van der Waals surface area contributed by atoms with Crippen LogP contribution in [0.2, 0.25) is 5.02 Å². The van der Waals surface area contributed by atoms with Crippen molar-refractivity contribution < 1.29 is 0 Å². The quantitative estimate of drug-likeness (QED) is 0.741. The topological polar surface area (TPSA) is 37.0 Å². The molecule has 114 valence electrons. The van der Waals surface area contributed by atoms with E-state index in [1.54, 1.807) is 0 Å². The van der Waals surface area contributed by atoms with Crippen LogP contribution in [0.1, 0.15) is 33.6 Å². The van der Waals surface area contributed by atoms with E-state index in [4.69, 9.17) is 11.6 Å². The van der Waals surface area contributed by atoms with E-state index in [1.165, 1.54) is 6.42 Å². The van der Waals surface area contributed by atoms with Crippen LogP contribution in [0.4, 0.5) is 5.69 Å². The molecule has 0 aliphatic rings. The molecule has 0 radical (unpaired) electrons. The molecule has 4 heteroatoms. The number of hydrogen-bond donors (Lipinski definition) is 2. The highest BCUT2D eigenvalue weighted by Crippen LogP contribution is 2.25. The summed E-state index contributed by atoms with van der Waals surface area (Å²) in [4.78, 5) is 4.37. The van der Waals surface area contributed by atoms with Gasteiger partial charge >= 0.3 is 0 Å². The summed E-state index contributed by atoms with van der Waals surface area (Å²) >= 11 is 6.02. The lowest BCUT2D eigenvalue weighted by atomic mass is 10.1. The highest BCUT2D eigenvalue weighted by atomic mass is 35.5. The molecule has 1 heterocycles. The van der Waals surface area contributed by atoms with Gasteiger partial charge in [0.15, 0.2) is 0 Å². The van der Waals surface area contributed by atoms with Crippen molar-refractivity contribution in [2.24, 2.45) is 0 Å². The molecule has 3 nitrogen and oxygen atoms in total. The van der Waals surface area contributed by atoms with Crippen LogP contribution in [0.3, 0.4) is 0 Å². The normalized spacial score (nSPS) is 12.8. The number of aromatic nitrogens is 1. The van der Waals surface area contributed by atoms with Gasteiger partial charge in [-0.1, -0.05) is 25.4 Å². The fourth-order valence-electron chi connectivity index (χ4n) is 2.38. The van der Waals surface area contributed by atoms with Crippen LogP contribution >= 0.6 is 11.6 Å². The van der Waals surface area contributed by atoms with E-state index in [1.807, 2.05) is 30.5 Å². The second kappa shape index (κ2) is 7.62. The molecule has 2 rings (SSSR count). The predicted molar refractivity (Wildman–Crippen MR) is 92.2 cm³/mol. The Kier molecular flexibility index (Phi) is 5.83. The van der Waals surface area contributed by atoms with E-state index in [0.29, 0.717) is 12.1 Å². The van der Waals surface area contributed by atoms with Gasteiger partial charge in [-0.25, -0.2) is 0 Å². The smallest absolute Gasteiger partial charge is 0.0737 e. The third-order valence-electron chi connectivity index (χ3n) is 3.47. The Balaban J connectivity index is 1.96. The van der Waals surface area contributed by atoms with E-state index in [2.05, 4.69) is 36.4 Å². The first-order chi connectivity index (χ1) is 10.1. The largest absolute Gasteiger partial charge is 0.382 e. The maximum atomic E-state index is 6.02. The average Bonchev–Trinajstić information content (AvgIpc) is 2.43. The van der Waals surface area contributed by atoms with Crippen LogP contribution in [-0.4, -0.2) is 23.6 Å². The number of nitrogens with one attached hydrogen (secondary N) is 2. The van der Waals surface area contributed by atoms with Crippen LogP contribution in [0, 0.1) is 0 Å². The van der Waals surface area contributed by atoms with Gasteiger partial charge < -0.3 is 10.6 Å². The first-order valence-corrected chi connectivity index (χ1v) is 7.98. The second-order valence-corrected chi connectivity index (χ2v) is 6.25. The Labute approximate surface area is 132 Å². The zero-order chi connectivity index (χ0) is 15.2. The number of benzene rings is 1. The summed E-state index contributed by atoms with van der Waals surface area (Å²) in [5.41, 5.74) is 2.06. The van der Waals surface area contributed by atoms with Crippen LogP contribution in [-0.2, 0) is 0 Å². The molecule has 0 saturated carbocycles. The Bertz CT molecular complexity index is 583. The van der Waals surface area contributed by atoms with Gasteiger partial charge in [0.25, 0.3) is 0 Å². The monoisotopic (exact) mass is 305 g/mol. The molecule has 2 N–H and O–H groups in total. The van der Waals surface area contributed by atoms with Gasteiger partial charge in [0.05, 0.1) is 5.52 Å². The molecular weight excluding hydrogens is 282 g/mol. The van der Waals surface area contributed by atoms with E-state index in [9.17, 15) is 0 Å². The van der Waals surface area contributed by atoms with Crippen molar-refractivity contribution in [2.75, 3.05) is 11.9 Å². The molecule has 1 atom stereocenters. The predicted octanol–water partition coefficient (Wildman–Crippen LogP) is 4.47. The third kappa shape index (κ3) is 4.87. The first kappa shape index (κ1) is 16.1. The van der Waals surface area contributed by atoms with Gasteiger partial charge in [-0.3, -0.25) is 4.98 Å². The molecule has 2 aromatic rings. The lowest BCUT2D eigenvalue weighted by molar-refractivity contribution is 0.542. The minimum absolute atomic E-state index is 0.431. The summed E-state index contributed by atoms with van der Waals surface area (Å²) in [6, 6.07) is 8.86. The number of nitrogens with zero attached hydrogens (tertiary/aromatic N) is 1. The summed E-state index contributed by atoms with van der Waals surface area (Å²) in [6.45, 7) is 7.64. The van der Waals surface area contributed by atoms with Crippen molar-refractivity contribution in [1.82, 2.24) is 10.3 Å². The summed E-state index contributed by atoms with van der Waals surface area (Å²) in [5, 5.41) is 8.87. The van der Waals surface area contributed by atoms with Crippen LogP contribution in [0.25, 0.3) is 10.9 Å². The van der Waals surface area contributed by atoms with Gasteiger partial charge in [0, 0.05) is 34.4 Å². The minimum atomic E-state index is 0.431. The molecule has 0 aliphatic heterocycles. The van der Waals surface area contributed by atoms with Gasteiger partial charge in [-0.15, -0.1) is 0 Å². The van der Waals surface area contributed by atoms with Gasteiger partial charge in [0.2, 0.25) is 0 Å². The number of rotatable bonds is 7. The molecule has 0 saturated heterocycles.